The molecule has 0 aliphatic heterocycles. The molecular formula is C11H7BrN2O3S. The number of halogens is 1. The van der Waals surface area contributed by atoms with Crippen molar-refractivity contribution >= 4 is 44.1 Å². The van der Waals surface area contributed by atoms with Gasteiger partial charge in [-0.25, -0.2) is 4.79 Å². The van der Waals surface area contributed by atoms with Gasteiger partial charge >= 0.3 is 5.97 Å². The van der Waals surface area contributed by atoms with Gasteiger partial charge in [0.2, 0.25) is 0 Å². The Kier molecular flexibility index (Phi) is 3.73. The Labute approximate surface area is 115 Å². The highest BCUT2D eigenvalue weighted by molar-refractivity contribution is 9.10. The molecule has 0 fully saturated rings. The van der Waals surface area contributed by atoms with Crippen LogP contribution >= 0.6 is 27.3 Å². The summed E-state index contributed by atoms with van der Waals surface area (Å²) in [7, 11) is 0. The van der Waals surface area contributed by atoms with Gasteiger partial charge in [-0.3, -0.25) is 9.78 Å². The minimum Gasteiger partial charge on any atom is -0.478 e. The summed E-state index contributed by atoms with van der Waals surface area (Å²) in [6, 6.07) is 4.49. The summed E-state index contributed by atoms with van der Waals surface area (Å²) in [6.07, 6.45) is 1.15. The van der Waals surface area contributed by atoms with Crippen molar-refractivity contribution in [3.8, 4) is 0 Å². The van der Waals surface area contributed by atoms with Crippen molar-refractivity contribution in [2.45, 2.75) is 0 Å². The van der Waals surface area contributed by atoms with Crippen LogP contribution in [0.25, 0.3) is 0 Å². The summed E-state index contributed by atoms with van der Waals surface area (Å²) >= 11 is 4.66. The van der Waals surface area contributed by atoms with Crippen molar-refractivity contribution in [3.05, 3.63) is 45.5 Å². The van der Waals surface area contributed by atoms with Crippen LogP contribution < -0.4 is 5.32 Å². The number of carbonyl (C=O) groups is 2. The van der Waals surface area contributed by atoms with Gasteiger partial charge in [-0.15, -0.1) is 11.3 Å². The van der Waals surface area contributed by atoms with Crippen molar-refractivity contribution in [2.75, 3.05) is 5.32 Å². The van der Waals surface area contributed by atoms with Gasteiger partial charge in [0.05, 0.1) is 10.6 Å². The quantitative estimate of drug-likeness (QED) is 0.908. The Morgan fingerprint density at radius 3 is 2.67 bits per heavy atom. The van der Waals surface area contributed by atoms with Crippen LogP contribution in [0, 0.1) is 0 Å². The first-order valence-corrected chi connectivity index (χ1v) is 6.48. The number of anilines is 1. The lowest BCUT2D eigenvalue weighted by Gasteiger charge is -2.01. The SMILES string of the molecule is O=C(O)c1ccc(C(=O)Nc2cc(Br)cs2)nc1. The standard InChI is InChI=1S/C11H7BrN2O3S/c12-7-3-9(18-5-7)14-10(15)8-2-1-6(4-13-8)11(16)17/h1-5H,(H,14,15)(H,16,17). The molecule has 0 aromatic carbocycles. The topological polar surface area (TPSA) is 79.3 Å². The molecule has 0 unspecified atom stereocenters. The van der Waals surface area contributed by atoms with E-state index in [-0.39, 0.29) is 17.2 Å². The molecule has 2 aromatic rings. The van der Waals surface area contributed by atoms with E-state index in [1.165, 1.54) is 23.5 Å². The first-order valence-electron chi connectivity index (χ1n) is 4.81. The number of amides is 1. The zero-order valence-corrected chi connectivity index (χ0v) is 11.3. The molecule has 0 saturated carbocycles. The van der Waals surface area contributed by atoms with E-state index in [9.17, 15) is 9.59 Å². The number of carboxylic acids is 1. The Bertz CT molecular complexity index is 595. The molecule has 2 heterocycles. The number of carbonyl (C=O) groups excluding carboxylic acids is 1. The molecule has 18 heavy (non-hydrogen) atoms. The summed E-state index contributed by atoms with van der Waals surface area (Å²) in [5.41, 5.74) is 0.218. The zero-order valence-electron chi connectivity index (χ0n) is 8.88. The fourth-order valence-electron chi connectivity index (χ4n) is 1.21. The number of hydrogen-bond donors (Lipinski definition) is 2. The Morgan fingerprint density at radius 2 is 2.17 bits per heavy atom. The minimum atomic E-state index is -1.07. The first-order chi connectivity index (χ1) is 8.56. The molecule has 0 aliphatic rings. The molecule has 0 atom stereocenters. The van der Waals surface area contributed by atoms with E-state index in [0.29, 0.717) is 5.00 Å². The summed E-state index contributed by atoms with van der Waals surface area (Å²) in [6.45, 7) is 0. The number of nitrogens with one attached hydrogen (secondary N) is 1. The van der Waals surface area contributed by atoms with E-state index in [0.717, 1.165) is 10.7 Å². The molecule has 5 nitrogen and oxygen atoms in total. The van der Waals surface area contributed by atoms with Crippen LogP contribution in [0.15, 0.2) is 34.2 Å². The number of rotatable bonds is 3. The number of hydrogen-bond acceptors (Lipinski definition) is 4. The van der Waals surface area contributed by atoms with Crippen LogP contribution in [0.4, 0.5) is 5.00 Å². The van der Waals surface area contributed by atoms with Gasteiger partial charge in [-0.05, 0) is 34.1 Å². The predicted molar refractivity (Wildman–Crippen MR) is 71.2 cm³/mol. The summed E-state index contributed by atoms with van der Waals surface area (Å²) < 4.78 is 0.886. The van der Waals surface area contributed by atoms with Crippen molar-refractivity contribution < 1.29 is 14.7 Å². The molecule has 0 aliphatic carbocycles. The van der Waals surface area contributed by atoms with Crippen LogP contribution in [0.2, 0.25) is 0 Å². The highest BCUT2D eigenvalue weighted by Crippen LogP contribution is 2.24. The second-order valence-electron chi connectivity index (χ2n) is 3.32. The van der Waals surface area contributed by atoms with Gasteiger partial charge in [0.25, 0.3) is 5.91 Å². The third-order valence-electron chi connectivity index (χ3n) is 2.05. The lowest BCUT2D eigenvalue weighted by Crippen LogP contribution is -2.13. The molecule has 0 saturated heterocycles. The normalized spacial score (nSPS) is 10.1. The van der Waals surface area contributed by atoms with E-state index in [2.05, 4.69) is 26.2 Å². The maximum absolute atomic E-state index is 11.8. The van der Waals surface area contributed by atoms with Crippen molar-refractivity contribution in [2.24, 2.45) is 0 Å². The number of aromatic carboxylic acids is 1. The van der Waals surface area contributed by atoms with Crippen LogP contribution in [-0.4, -0.2) is 22.0 Å². The maximum Gasteiger partial charge on any atom is 0.337 e. The monoisotopic (exact) mass is 326 g/mol. The van der Waals surface area contributed by atoms with Crippen LogP contribution in [0.5, 0.6) is 0 Å². The molecule has 0 spiro atoms. The van der Waals surface area contributed by atoms with Gasteiger partial charge < -0.3 is 10.4 Å². The van der Waals surface area contributed by atoms with Gasteiger partial charge in [-0.1, -0.05) is 0 Å². The van der Waals surface area contributed by atoms with Crippen LogP contribution in [0.3, 0.4) is 0 Å². The summed E-state index contributed by atoms with van der Waals surface area (Å²) in [5, 5.41) is 13.9. The van der Waals surface area contributed by atoms with E-state index >= 15 is 0 Å². The second-order valence-corrected chi connectivity index (χ2v) is 5.15. The van der Waals surface area contributed by atoms with Gasteiger partial charge in [-0.2, -0.15) is 0 Å². The van der Waals surface area contributed by atoms with Gasteiger partial charge in [0.1, 0.15) is 5.69 Å². The molecule has 7 heteroatoms. The highest BCUT2D eigenvalue weighted by Gasteiger charge is 2.10. The van der Waals surface area contributed by atoms with E-state index in [4.69, 9.17) is 5.11 Å². The number of aromatic nitrogens is 1. The lowest BCUT2D eigenvalue weighted by molar-refractivity contribution is 0.0696. The smallest absolute Gasteiger partial charge is 0.337 e. The van der Waals surface area contributed by atoms with Gasteiger partial charge in [0.15, 0.2) is 0 Å². The minimum absolute atomic E-state index is 0.0467. The Hall–Kier alpha value is -1.73. The van der Waals surface area contributed by atoms with E-state index in [1.54, 1.807) is 6.07 Å². The van der Waals surface area contributed by atoms with Crippen molar-refractivity contribution in [1.82, 2.24) is 4.98 Å². The van der Waals surface area contributed by atoms with Gasteiger partial charge in [0, 0.05) is 16.0 Å². The average molecular weight is 327 g/mol. The number of carboxylic acid groups (broad SMARTS) is 1. The first kappa shape index (κ1) is 12.7. The Balaban J connectivity index is 2.11. The van der Waals surface area contributed by atoms with Crippen molar-refractivity contribution in [3.63, 3.8) is 0 Å². The molecular weight excluding hydrogens is 320 g/mol. The molecule has 2 aromatic heterocycles. The number of pyridine rings is 1. The van der Waals surface area contributed by atoms with Crippen LogP contribution in [-0.2, 0) is 0 Å². The lowest BCUT2D eigenvalue weighted by atomic mass is 10.2. The highest BCUT2D eigenvalue weighted by atomic mass is 79.9. The maximum atomic E-state index is 11.8. The van der Waals surface area contributed by atoms with E-state index in [1.807, 2.05) is 5.38 Å². The molecule has 2 N–H and O–H groups in total. The third kappa shape index (κ3) is 2.93. The predicted octanol–water partition coefficient (Wildman–Crippen LogP) is 2.86. The average Bonchev–Trinajstić information content (AvgIpc) is 2.75. The van der Waals surface area contributed by atoms with Crippen molar-refractivity contribution in [1.29, 1.82) is 0 Å². The summed E-state index contributed by atoms with van der Waals surface area (Å²) in [5.74, 6) is -1.45. The molecule has 1 amide bonds. The summed E-state index contributed by atoms with van der Waals surface area (Å²) in [4.78, 5) is 26.2. The number of thiophene rings is 1. The fraction of sp³-hybridized carbons (Fsp3) is 0. The number of nitrogens with zero attached hydrogens (tertiary/aromatic N) is 1. The third-order valence-corrected chi connectivity index (χ3v) is 3.65. The second kappa shape index (κ2) is 5.28. The van der Waals surface area contributed by atoms with E-state index < -0.39 is 5.97 Å². The molecule has 0 bridgehead atoms. The molecule has 92 valence electrons. The molecule has 2 rings (SSSR count). The van der Waals surface area contributed by atoms with Crippen LogP contribution in [0.1, 0.15) is 20.8 Å². The largest absolute Gasteiger partial charge is 0.478 e. The Morgan fingerprint density at radius 1 is 1.39 bits per heavy atom. The molecule has 0 radical (unpaired) electrons. The zero-order chi connectivity index (χ0) is 13.1. The fourth-order valence-corrected chi connectivity index (χ4v) is 2.52.